The highest BCUT2D eigenvalue weighted by Gasteiger charge is 2.46. The van der Waals surface area contributed by atoms with Crippen molar-refractivity contribution in [1.29, 1.82) is 0 Å². The Morgan fingerprint density at radius 3 is 2.50 bits per heavy atom. The molecule has 38 heavy (non-hydrogen) atoms. The average Bonchev–Trinajstić information content (AvgIpc) is 3.40. The molecule has 0 bridgehead atoms. The number of anilines is 2. The van der Waals surface area contributed by atoms with Crippen LogP contribution in [0.3, 0.4) is 0 Å². The molecular weight excluding hydrogens is 512 g/mol. The number of likely N-dealkylation sites (tertiary alicyclic amines) is 1. The van der Waals surface area contributed by atoms with Gasteiger partial charge in [-0.2, -0.15) is 0 Å². The Labute approximate surface area is 235 Å². The number of benzene rings is 1. The van der Waals surface area contributed by atoms with Gasteiger partial charge in [-0.05, 0) is 120 Å². The van der Waals surface area contributed by atoms with Crippen LogP contribution in [-0.4, -0.2) is 38.8 Å². The standard InChI is InChI=1S/C31H39ClN4OS/c1-20(2)35-14-12-31(13-15-35)18-25(19-31)38-24-9-10-27(21(3)16-24)33-28-11-8-22-17-26(32)30(37)36(29(22)34-28)23-6-4-5-7-23/h8-11,16-17,20,23,25H,4-7,12-15,18-19H2,1-3H3,(H,33,34). The molecule has 1 aliphatic heterocycles. The van der Waals surface area contributed by atoms with E-state index in [0.29, 0.717) is 11.5 Å². The highest BCUT2D eigenvalue weighted by Crippen LogP contribution is 2.55. The van der Waals surface area contributed by atoms with Crippen LogP contribution in [0.5, 0.6) is 0 Å². The molecule has 2 saturated carbocycles. The first-order chi connectivity index (χ1) is 18.3. The lowest BCUT2D eigenvalue weighted by Gasteiger charge is -2.52. The van der Waals surface area contributed by atoms with Crippen molar-refractivity contribution >= 4 is 45.9 Å². The van der Waals surface area contributed by atoms with E-state index in [1.54, 1.807) is 6.07 Å². The fourth-order valence-electron chi connectivity index (χ4n) is 6.84. The number of pyridine rings is 2. The van der Waals surface area contributed by atoms with Gasteiger partial charge in [-0.1, -0.05) is 24.4 Å². The number of thioether (sulfide) groups is 1. The molecule has 2 aliphatic carbocycles. The molecule has 0 unspecified atom stereocenters. The van der Waals surface area contributed by atoms with Gasteiger partial charge in [-0.25, -0.2) is 4.98 Å². The number of rotatable bonds is 6. The molecule has 1 aromatic carbocycles. The topological polar surface area (TPSA) is 50.2 Å². The summed E-state index contributed by atoms with van der Waals surface area (Å²) in [7, 11) is 0. The van der Waals surface area contributed by atoms with Crippen molar-refractivity contribution in [3.8, 4) is 0 Å². The minimum absolute atomic E-state index is 0.128. The van der Waals surface area contributed by atoms with Crippen molar-refractivity contribution in [2.75, 3.05) is 18.4 Å². The molecule has 3 fully saturated rings. The molecule has 7 heteroatoms. The smallest absolute Gasteiger partial charge is 0.271 e. The Hall–Kier alpha value is -2.02. The van der Waals surface area contributed by atoms with E-state index in [2.05, 4.69) is 49.2 Å². The zero-order valence-electron chi connectivity index (χ0n) is 22.8. The van der Waals surface area contributed by atoms with E-state index in [0.717, 1.165) is 53.5 Å². The summed E-state index contributed by atoms with van der Waals surface area (Å²) in [6, 6.07) is 13.3. The van der Waals surface area contributed by atoms with Crippen LogP contribution < -0.4 is 10.9 Å². The summed E-state index contributed by atoms with van der Waals surface area (Å²) in [6.07, 6.45) is 9.74. The van der Waals surface area contributed by atoms with Gasteiger partial charge in [-0.3, -0.25) is 9.36 Å². The SMILES string of the molecule is Cc1cc(SC2CC3(CCN(C(C)C)CC3)C2)ccc1Nc1ccc2cc(Cl)c(=O)n(C3CCCC3)c2n1. The zero-order valence-corrected chi connectivity index (χ0v) is 24.4. The summed E-state index contributed by atoms with van der Waals surface area (Å²) in [6.45, 7) is 9.33. The van der Waals surface area contributed by atoms with Gasteiger partial charge in [0.15, 0.2) is 0 Å². The minimum atomic E-state index is -0.128. The normalized spacial score (nSPS) is 20.4. The van der Waals surface area contributed by atoms with Crippen molar-refractivity contribution < 1.29 is 0 Å². The average molecular weight is 551 g/mol. The van der Waals surface area contributed by atoms with Crippen LogP contribution in [0.15, 0.2) is 46.1 Å². The molecule has 1 N–H and O–H groups in total. The van der Waals surface area contributed by atoms with Crippen molar-refractivity contribution in [1.82, 2.24) is 14.5 Å². The summed E-state index contributed by atoms with van der Waals surface area (Å²) in [4.78, 5) is 21.8. The quantitative estimate of drug-likeness (QED) is 0.337. The first-order valence-corrected chi connectivity index (χ1v) is 15.6. The second kappa shape index (κ2) is 10.5. The van der Waals surface area contributed by atoms with E-state index in [1.807, 2.05) is 28.5 Å². The van der Waals surface area contributed by atoms with Crippen LogP contribution in [-0.2, 0) is 0 Å². The molecule has 3 heterocycles. The summed E-state index contributed by atoms with van der Waals surface area (Å²) >= 11 is 8.35. The Morgan fingerprint density at radius 1 is 1.08 bits per heavy atom. The maximum atomic E-state index is 13.0. The number of fused-ring (bicyclic) bond motifs is 1. The lowest BCUT2D eigenvalue weighted by atomic mass is 9.63. The summed E-state index contributed by atoms with van der Waals surface area (Å²) in [5.74, 6) is 0.753. The van der Waals surface area contributed by atoms with Crippen molar-refractivity contribution in [2.24, 2.45) is 5.41 Å². The second-order valence-corrected chi connectivity index (χ2v) is 13.9. The van der Waals surface area contributed by atoms with Gasteiger partial charge in [0.2, 0.25) is 0 Å². The molecule has 3 aromatic rings. The van der Waals surface area contributed by atoms with E-state index in [4.69, 9.17) is 16.6 Å². The fraction of sp³-hybridized carbons (Fsp3) is 0.548. The van der Waals surface area contributed by atoms with E-state index in [-0.39, 0.29) is 16.6 Å². The predicted octanol–water partition coefficient (Wildman–Crippen LogP) is 7.96. The summed E-state index contributed by atoms with van der Waals surface area (Å²) in [5, 5.41) is 5.43. The molecule has 6 rings (SSSR count). The summed E-state index contributed by atoms with van der Waals surface area (Å²) < 4.78 is 1.83. The molecule has 5 nitrogen and oxygen atoms in total. The Morgan fingerprint density at radius 2 is 1.82 bits per heavy atom. The number of hydrogen-bond donors (Lipinski definition) is 1. The Kier molecular flexibility index (Phi) is 7.25. The van der Waals surface area contributed by atoms with E-state index in [1.165, 1.54) is 49.2 Å². The van der Waals surface area contributed by atoms with Crippen molar-refractivity contribution in [3.05, 3.63) is 57.3 Å². The molecule has 3 aliphatic rings. The van der Waals surface area contributed by atoms with Crippen molar-refractivity contribution in [2.45, 2.75) is 94.4 Å². The number of aryl methyl sites for hydroxylation is 1. The van der Waals surface area contributed by atoms with Crippen LogP contribution in [0.4, 0.5) is 11.5 Å². The highest BCUT2D eigenvalue weighted by atomic mass is 35.5. The predicted molar refractivity (Wildman–Crippen MR) is 160 cm³/mol. The Bertz CT molecular complexity index is 1380. The third-order valence-electron chi connectivity index (χ3n) is 9.20. The van der Waals surface area contributed by atoms with Gasteiger partial charge >= 0.3 is 0 Å². The third kappa shape index (κ3) is 5.12. The van der Waals surface area contributed by atoms with Gasteiger partial charge in [0.25, 0.3) is 5.56 Å². The molecule has 1 spiro atoms. The molecule has 0 amide bonds. The van der Waals surface area contributed by atoms with Crippen LogP contribution in [0.1, 0.15) is 76.8 Å². The summed E-state index contributed by atoms with van der Waals surface area (Å²) in [5.41, 5.74) is 3.46. The third-order valence-corrected chi connectivity index (χ3v) is 10.7. The lowest BCUT2D eigenvalue weighted by Crippen LogP contribution is -2.49. The second-order valence-electron chi connectivity index (χ2n) is 12.1. The van der Waals surface area contributed by atoms with Gasteiger partial charge < -0.3 is 10.2 Å². The first kappa shape index (κ1) is 26.2. The van der Waals surface area contributed by atoms with E-state index >= 15 is 0 Å². The molecule has 2 aromatic heterocycles. The molecular formula is C31H39ClN4OS. The van der Waals surface area contributed by atoms with Crippen LogP contribution in [0, 0.1) is 12.3 Å². The Balaban J connectivity index is 1.14. The lowest BCUT2D eigenvalue weighted by molar-refractivity contribution is 0.0267. The first-order valence-electron chi connectivity index (χ1n) is 14.3. The molecule has 1 saturated heterocycles. The number of piperidine rings is 1. The van der Waals surface area contributed by atoms with Gasteiger partial charge in [0.1, 0.15) is 16.5 Å². The number of aromatic nitrogens is 2. The molecule has 202 valence electrons. The van der Waals surface area contributed by atoms with E-state index in [9.17, 15) is 4.79 Å². The van der Waals surface area contributed by atoms with Crippen molar-refractivity contribution in [3.63, 3.8) is 0 Å². The number of nitrogens with zero attached hydrogens (tertiary/aromatic N) is 3. The zero-order chi connectivity index (χ0) is 26.4. The maximum Gasteiger partial charge on any atom is 0.271 e. The largest absolute Gasteiger partial charge is 0.340 e. The van der Waals surface area contributed by atoms with Crippen LogP contribution in [0.2, 0.25) is 5.02 Å². The van der Waals surface area contributed by atoms with Gasteiger partial charge in [0.05, 0.1) is 0 Å². The van der Waals surface area contributed by atoms with Gasteiger partial charge in [0, 0.05) is 33.3 Å². The monoisotopic (exact) mass is 550 g/mol. The fourth-order valence-corrected chi connectivity index (χ4v) is 8.70. The van der Waals surface area contributed by atoms with E-state index < -0.39 is 0 Å². The molecule has 0 radical (unpaired) electrons. The molecule has 0 atom stereocenters. The van der Waals surface area contributed by atoms with Gasteiger partial charge in [-0.15, -0.1) is 11.8 Å². The van der Waals surface area contributed by atoms with Crippen LogP contribution >= 0.6 is 23.4 Å². The maximum absolute atomic E-state index is 13.0. The number of hydrogen-bond acceptors (Lipinski definition) is 5. The van der Waals surface area contributed by atoms with Crippen LogP contribution in [0.25, 0.3) is 11.0 Å². The minimum Gasteiger partial charge on any atom is -0.340 e. The number of halogens is 1. The highest BCUT2D eigenvalue weighted by molar-refractivity contribution is 8.00. The number of nitrogens with one attached hydrogen (secondary N) is 1.